The van der Waals surface area contributed by atoms with Crippen LogP contribution in [-0.2, 0) is 0 Å². The second kappa shape index (κ2) is 5.04. The molecule has 21 heavy (non-hydrogen) atoms. The Kier molecular flexibility index (Phi) is 3.33. The van der Waals surface area contributed by atoms with E-state index < -0.39 is 5.97 Å². The van der Waals surface area contributed by atoms with Crippen molar-refractivity contribution in [2.75, 3.05) is 6.61 Å². The first-order valence-electron chi connectivity index (χ1n) is 6.56. The summed E-state index contributed by atoms with van der Waals surface area (Å²) in [4.78, 5) is 14.9. The van der Waals surface area contributed by atoms with Crippen LogP contribution in [0.5, 0.6) is 5.88 Å². The van der Waals surface area contributed by atoms with Crippen molar-refractivity contribution in [3.05, 3.63) is 35.1 Å². The molecule has 2 aromatic rings. The van der Waals surface area contributed by atoms with E-state index in [-0.39, 0.29) is 16.1 Å². The average Bonchev–Trinajstić information content (AvgIpc) is 3.00. The number of rotatable bonds is 5. The van der Waals surface area contributed by atoms with Gasteiger partial charge in [0, 0.05) is 17.7 Å². The average molecular weight is 308 g/mol. The standard InChI is InChI=1S/C14H14ClN3O3/c1-14(5-6-14)8-21-11-4-7-18(17-11)10-3-2-9(13(19)20)12(15)16-10/h2-4,7H,5-6,8H2,1H3,(H,19,20). The van der Waals surface area contributed by atoms with Gasteiger partial charge in [-0.3, -0.25) is 0 Å². The fourth-order valence-electron chi connectivity index (χ4n) is 1.83. The molecule has 0 saturated heterocycles. The number of carboxylic acids is 1. The van der Waals surface area contributed by atoms with Crippen LogP contribution in [0, 0.1) is 5.41 Å². The molecule has 2 heterocycles. The lowest BCUT2D eigenvalue weighted by molar-refractivity contribution is 0.0696. The van der Waals surface area contributed by atoms with E-state index in [1.165, 1.54) is 23.6 Å². The molecule has 0 unspecified atom stereocenters. The predicted molar refractivity (Wildman–Crippen MR) is 76.2 cm³/mol. The zero-order valence-corrected chi connectivity index (χ0v) is 12.2. The molecule has 0 atom stereocenters. The summed E-state index contributed by atoms with van der Waals surface area (Å²) in [6, 6.07) is 4.70. The van der Waals surface area contributed by atoms with Crippen molar-refractivity contribution < 1.29 is 14.6 Å². The van der Waals surface area contributed by atoms with Crippen LogP contribution in [0.2, 0.25) is 5.15 Å². The van der Waals surface area contributed by atoms with Crippen LogP contribution in [-0.4, -0.2) is 32.4 Å². The maximum atomic E-state index is 10.9. The first-order chi connectivity index (χ1) is 9.97. The molecule has 6 nitrogen and oxygen atoms in total. The number of carbonyl (C=O) groups is 1. The Hall–Kier alpha value is -2.08. The Balaban J connectivity index is 1.76. The predicted octanol–water partition coefficient (Wildman–Crippen LogP) is 2.80. The SMILES string of the molecule is CC1(COc2ccn(-c3ccc(C(=O)O)c(Cl)n3)n2)CC1. The first-order valence-corrected chi connectivity index (χ1v) is 6.93. The number of carboxylic acid groups (broad SMARTS) is 1. The summed E-state index contributed by atoms with van der Waals surface area (Å²) in [5, 5.41) is 13.1. The summed E-state index contributed by atoms with van der Waals surface area (Å²) in [6.07, 6.45) is 4.06. The van der Waals surface area contributed by atoms with Gasteiger partial charge in [-0.2, -0.15) is 0 Å². The molecule has 1 aliphatic rings. The first kappa shape index (κ1) is 13.9. The minimum Gasteiger partial charge on any atom is -0.478 e. The van der Waals surface area contributed by atoms with Crippen LogP contribution in [0.4, 0.5) is 0 Å². The molecular formula is C14H14ClN3O3. The number of halogens is 1. The molecule has 0 bridgehead atoms. The van der Waals surface area contributed by atoms with Gasteiger partial charge in [-0.05, 0) is 25.0 Å². The van der Waals surface area contributed by atoms with Crippen LogP contribution >= 0.6 is 11.6 Å². The third-order valence-electron chi connectivity index (χ3n) is 3.54. The molecule has 0 aliphatic heterocycles. The summed E-state index contributed by atoms with van der Waals surface area (Å²) >= 11 is 5.85. The number of aromatic nitrogens is 3. The summed E-state index contributed by atoms with van der Waals surface area (Å²) in [5.41, 5.74) is 0.250. The summed E-state index contributed by atoms with van der Waals surface area (Å²) in [6.45, 7) is 2.83. The lowest BCUT2D eigenvalue weighted by Gasteiger charge is -2.08. The second-order valence-corrected chi connectivity index (χ2v) is 5.87. The molecule has 1 aliphatic carbocycles. The second-order valence-electron chi connectivity index (χ2n) is 5.51. The number of pyridine rings is 1. The monoisotopic (exact) mass is 307 g/mol. The van der Waals surface area contributed by atoms with E-state index in [1.807, 2.05) is 0 Å². The van der Waals surface area contributed by atoms with Gasteiger partial charge >= 0.3 is 5.97 Å². The minimum atomic E-state index is -1.11. The van der Waals surface area contributed by atoms with Crippen molar-refractivity contribution in [1.82, 2.24) is 14.8 Å². The van der Waals surface area contributed by atoms with Crippen LogP contribution in [0.15, 0.2) is 24.4 Å². The fourth-order valence-corrected chi connectivity index (χ4v) is 2.06. The van der Waals surface area contributed by atoms with Crippen LogP contribution < -0.4 is 4.74 Å². The highest BCUT2D eigenvalue weighted by Crippen LogP contribution is 2.44. The largest absolute Gasteiger partial charge is 0.478 e. The Morgan fingerprint density at radius 1 is 1.48 bits per heavy atom. The van der Waals surface area contributed by atoms with Crippen molar-refractivity contribution >= 4 is 17.6 Å². The number of nitrogens with zero attached hydrogens (tertiary/aromatic N) is 3. The molecule has 110 valence electrons. The summed E-state index contributed by atoms with van der Waals surface area (Å²) < 4.78 is 7.14. The molecule has 7 heteroatoms. The van der Waals surface area contributed by atoms with Gasteiger partial charge in [0.1, 0.15) is 5.15 Å². The van der Waals surface area contributed by atoms with Gasteiger partial charge in [0.05, 0.1) is 12.2 Å². The maximum absolute atomic E-state index is 10.9. The Morgan fingerprint density at radius 3 is 2.86 bits per heavy atom. The molecule has 0 spiro atoms. The van der Waals surface area contributed by atoms with Gasteiger partial charge in [-0.25, -0.2) is 14.5 Å². The van der Waals surface area contributed by atoms with Crippen molar-refractivity contribution in [2.45, 2.75) is 19.8 Å². The zero-order valence-electron chi connectivity index (χ0n) is 11.4. The molecule has 1 saturated carbocycles. The van der Waals surface area contributed by atoms with E-state index in [1.54, 1.807) is 18.3 Å². The molecule has 1 fully saturated rings. The van der Waals surface area contributed by atoms with Crippen molar-refractivity contribution in [2.24, 2.45) is 5.41 Å². The maximum Gasteiger partial charge on any atom is 0.338 e. The smallest absolute Gasteiger partial charge is 0.338 e. The summed E-state index contributed by atoms with van der Waals surface area (Å²) in [7, 11) is 0. The van der Waals surface area contributed by atoms with Crippen LogP contribution in [0.25, 0.3) is 5.82 Å². The topological polar surface area (TPSA) is 77.2 Å². The number of ether oxygens (including phenoxy) is 1. The number of hydrogen-bond donors (Lipinski definition) is 1. The summed E-state index contributed by atoms with van der Waals surface area (Å²) in [5.74, 6) is -0.151. The molecular weight excluding hydrogens is 294 g/mol. The van der Waals surface area contributed by atoms with Crippen molar-refractivity contribution in [1.29, 1.82) is 0 Å². The Labute approximate surface area is 126 Å². The molecule has 0 aromatic carbocycles. The lowest BCUT2D eigenvalue weighted by atomic mass is 10.2. The highest BCUT2D eigenvalue weighted by Gasteiger charge is 2.38. The third kappa shape index (κ3) is 3.00. The van der Waals surface area contributed by atoms with E-state index in [0.717, 1.165) is 0 Å². The van der Waals surface area contributed by atoms with Crippen molar-refractivity contribution in [3.63, 3.8) is 0 Å². The van der Waals surface area contributed by atoms with E-state index in [0.29, 0.717) is 18.3 Å². The number of hydrogen-bond acceptors (Lipinski definition) is 4. The number of aromatic carboxylic acids is 1. The fraction of sp³-hybridized carbons (Fsp3) is 0.357. The van der Waals surface area contributed by atoms with Crippen LogP contribution in [0.3, 0.4) is 0 Å². The molecule has 0 amide bonds. The molecule has 2 aromatic heterocycles. The Bertz CT molecular complexity index is 695. The normalized spacial score (nSPS) is 15.7. The Morgan fingerprint density at radius 2 is 2.24 bits per heavy atom. The molecule has 0 radical (unpaired) electrons. The van der Waals surface area contributed by atoms with E-state index in [9.17, 15) is 4.79 Å². The van der Waals surface area contributed by atoms with Gasteiger partial charge < -0.3 is 9.84 Å². The zero-order chi connectivity index (χ0) is 15.0. The molecule has 1 N–H and O–H groups in total. The van der Waals surface area contributed by atoms with E-state index in [2.05, 4.69) is 17.0 Å². The van der Waals surface area contributed by atoms with Gasteiger partial charge in [0.25, 0.3) is 0 Å². The quantitative estimate of drug-likeness (QED) is 0.859. The van der Waals surface area contributed by atoms with Crippen molar-refractivity contribution in [3.8, 4) is 11.7 Å². The lowest BCUT2D eigenvalue weighted by Crippen LogP contribution is -2.09. The highest BCUT2D eigenvalue weighted by molar-refractivity contribution is 6.32. The molecule has 3 rings (SSSR count). The van der Waals surface area contributed by atoms with Gasteiger partial charge in [0.15, 0.2) is 5.82 Å². The minimum absolute atomic E-state index is 0.0364. The van der Waals surface area contributed by atoms with Gasteiger partial charge in [-0.1, -0.05) is 18.5 Å². The van der Waals surface area contributed by atoms with Gasteiger partial charge in [-0.15, -0.1) is 5.10 Å². The van der Waals surface area contributed by atoms with Gasteiger partial charge in [0.2, 0.25) is 5.88 Å². The highest BCUT2D eigenvalue weighted by atomic mass is 35.5. The van der Waals surface area contributed by atoms with E-state index >= 15 is 0 Å². The van der Waals surface area contributed by atoms with E-state index in [4.69, 9.17) is 21.4 Å². The van der Waals surface area contributed by atoms with Crippen LogP contribution in [0.1, 0.15) is 30.1 Å². The third-order valence-corrected chi connectivity index (χ3v) is 3.82.